The Hall–Kier alpha value is -2.35. The molecule has 3 aromatic rings. The van der Waals surface area contributed by atoms with Gasteiger partial charge >= 0.3 is 0 Å². The van der Waals surface area contributed by atoms with Gasteiger partial charge in [-0.15, -0.1) is 0 Å². The lowest BCUT2D eigenvalue weighted by Gasteiger charge is -2.15. The summed E-state index contributed by atoms with van der Waals surface area (Å²) in [4.78, 5) is 4.54. The Balaban J connectivity index is 1.65. The molecule has 0 atom stereocenters. The third kappa shape index (κ3) is 6.82. The summed E-state index contributed by atoms with van der Waals surface area (Å²) in [6, 6.07) is 12.3. The minimum atomic E-state index is -1.09. The van der Waals surface area contributed by atoms with E-state index in [1.807, 2.05) is 51.1 Å². The molecule has 172 valence electrons. The van der Waals surface area contributed by atoms with Gasteiger partial charge in [-0.1, -0.05) is 36.4 Å². The van der Waals surface area contributed by atoms with E-state index in [0.29, 0.717) is 22.5 Å². The van der Waals surface area contributed by atoms with Crippen molar-refractivity contribution in [3.63, 3.8) is 0 Å². The molecule has 0 fully saturated rings. The molecule has 0 spiro atoms. The number of aryl methyl sites for hydroxylation is 1. The fourth-order valence-electron chi connectivity index (χ4n) is 2.96. The molecule has 3 rings (SSSR count). The van der Waals surface area contributed by atoms with Gasteiger partial charge in [0.15, 0.2) is 6.79 Å². The molecule has 1 heterocycles. The summed E-state index contributed by atoms with van der Waals surface area (Å²) in [6.45, 7) is 13.8. The maximum absolute atomic E-state index is 6.34. The topological polar surface area (TPSA) is 66.6 Å². The van der Waals surface area contributed by atoms with Crippen molar-refractivity contribution >= 4 is 19.7 Å². The average Bonchev–Trinajstić information content (AvgIpc) is 3.18. The second-order valence-corrected chi connectivity index (χ2v) is 15.2. The zero-order valence-corrected chi connectivity index (χ0v) is 21.3. The van der Waals surface area contributed by atoms with E-state index >= 15 is 0 Å². The molecule has 8 heteroatoms. The van der Waals surface area contributed by atoms with Gasteiger partial charge in [-0.25, -0.2) is 0 Å². The number of ether oxygens (including phenoxy) is 3. The number of halogens is 1. The minimum absolute atomic E-state index is 0.0417. The Morgan fingerprint density at radius 3 is 2.53 bits per heavy atom. The third-order valence-corrected chi connectivity index (χ3v) is 6.71. The maximum Gasteiger partial charge on any atom is 0.258 e. The van der Waals surface area contributed by atoms with Crippen molar-refractivity contribution in [3.05, 3.63) is 47.0 Å². The molecule has 0 aliphatic carbocycles. The van der Waals surface area contributed by atoms with Gasteiger partial charge in [0, 0.05) is 25.8 Å². The summed E-state index contributed by atoms with van der Waals surface area (Å²) in [5, 5.41) is 4.64. The summed E-state index contributed by atoms with van der Waals surface area (Å²) in [5.41, 5.74) is 2.59. The van der Waals surface area contributed by atoms with Crippen LogP contribution in [0, 0.1) is 6.92 Å². The molecule has 0 aliphatic heterocycles. The van der Waals surface area contributed by atoms with E-state index in [0.717, 1.165) is 35.1 Å². The van der Waals surface area contributed by atoms with Crippen molar-refractivity contribution in [2.24, 2.45) is 0 Å². The Labute approximate surface area is 195 Å². The molecule has 0 aliphatic rings. The summed E-state index contributed by atoms with van der Waals surface area (Å²) in [5.74, 6) is 2.28. The van der Waals surface area contributed by atoms with E-state index in [1.54, 1.807) is 6.07 Å². The first-order valence-electron chi connectivity index (χ1n) is 10.7. The van der Waals surface area contributed by atoms with Crippen LogP contribution in [0.2, 0.25) is 30.7 Å². The smallest absolute Gasteiger partial charge is 0.258 e. The van der Waals surface area contributed by atoms with E-state index in [4.69, 9.17) is 30.3 Å². The lowest BCUT2D eigenvalue weighted by Crippen LogP contribution is -2.22. The molecule has 32 heavy (non-hydrogen) atoms. The monoisotopic (exact) mass is 474 g/mol. The lowest BCUT2D eigenvalue weighted by molar-refractivity contribution is 0.0220. The van der Waals surface area contributed by atoms with Gasteiger partial charge in [0.25, 0.3) is 5.89 Å². The second-order valence-electron chi connectivity index (χ2n) is 9.19. The molecule has 2 aromatic carbocycles. The molecule has 0 bridgehead atoms. The molecule has 0 saturated carbocycles. The Morgan fingerprint density at radius 1 is 1.09 bits per heavy atom. The molecule has 0 amide bonds. The molecule has 6 nitrogen and oxygen atoms in total. The first-order valence-corrected chi connectivity index (χ1v) is 14.8. The van der Waals surface area contributed by atoms with E-state index < -0.39 is 8.07 Å². The van der Waals surface area contributed by atoms with Crippen LogP contribution in [0.4, 0.5) is 0 Å². The summed E-state index contributed by atoms with van der Waals surface area (Å²) >= 11 is 6.34. The van der Waals surface area contributed by atoms with Crippen LogP contribution in [0.25, 0.3) is 22.8 Å². The highest BCUT2D eigenvalue weighted by Crippen LogP contribution is 2.32. The first kappa shape index (κ1) is 24.3. The van der Waals surface area contributed by atoms with Gasteiger partial charge in [0.2, 0.25) is 5.82 Å². The second kappa shape index (κ2) is 10.5. The van der Waals surface area contributed by atoms with Gasteiger partial charge in [0.1, 0.15) is 11.5 Å². The largest absolute Gasteiger partial charge is 0.489 e. The Morgan fingerprint density at radius 2 is 1.88 bits per heavy atom. The van der Waals surface area contributed by atoms with Crippen LogP contribution in [0.3, 0.4) is 0 Å². The standard InChI is InChI=1S/C24H31ClN2O4Si/c1-16(2)30-22-10-7-18(14-21(22)25)24-26-23(27-31-24)20-9-8-19(13-17(20)3)29-15-28-11-12-32(4,5)6/h7-10,13-14,16H,11-12,15H2,1-6H3. The highest BCUT2D eigenvalue weighted by Gasteiger charge is 2.15. The quantitative estimate of drug-likeness (QED) is 0.182. The van der Waals surface area contributed by atoms with Gasteiger partial charge in [-0.2, -0.15) is 4.98 Å². The van der Waals surface area contributed by atoms with Gasteiger partial charge < -0.3 is 18.7 Å². The zero-order chi connectivity index (χ0) is 23.3. The maximum atomic E-state index is 6.34. The number of rotatable bonds is 10. The summed E-state index contributed by atoms with van der Waals surface area (Å²) < 4.78 is 22.5. The number of hydrogen-bond acceptors (Lipinski definition) is 6. The molecule has 0 unspecified atom stereocenters. The average molecular weight is 475 g/mol. The van der Waals surface area contributed by atoms with Gasteiger partial charge in [-0.3, -0.25) is 0 Å². The van der Waals surface area contributed by atoms with E-state index in [9.17, 15) is 0 Å². The molecule has 1 aromatic heterocycles. The Bertz CT molecular complexity index is 1050. The van der Waals surface area contributed by atoms with Crippen molar-refractivity contribution in [2.45, 2.75) is 52.6 Å². The summed E-state index contributed by atoms with van der Waals surface area (Å²) in [7, 11) is -1.09. The number of benzene rings is 2. The van der Waals surface area contributed by atoms with E-state index in [2.05, 4.69) is 29.8 Å². The van der Waals surface area contributed by atoms with Crippen LogP contribution >= 0.6 is 11.6 Å². The lowest BCUT2D eigenvalue weighted by atomic mass is 10.1. The molecule has 0 N–H and O–H groups in total. The van der Waals surface area contributed by atoms with Crippen molar-refractivity contribution in [2.75, 3.05) is 13.4 Å². The summed E-state index contributed by atoms with van der Waals surface area (Å²) in [6.07, 6.45) is 0.0417. The normalized spacial score (nSPS) is 11.8. The van der Waals surface area contributed by atoms with Crippen LogP contribution in [-0.2, 0) is 4.74 Å². The van der Waals surface area contributed by atoms with Crippen LogP contribution in [0.15, 0.2) is 40.9 Å². The van der Waals surface area contributed by atoms with E-state index in [1.165, 1.54) is 0 Å². The van der Waals surface area contributed by atoms with Crippen molar-refractivity contribution in [1.82, 2.24) is 10.1 Å². The molecular formula is C24H31ClN2O4Si. The SMILES string of the molecule is Cc1cc(OCOCC[Si](C)(C)C)ccc1-c1noc(-c2ccc(OC(C)C)c(Cl)c2)n1. The third-order valence-electron chi connectivity index (χ3n) is 4.71. The number of aromatic nitrogens is 2. The Kier molecular flexibility index (Phi) is 7.98. The molecule has 0 radical (unpaired) electrons. The van der Waals surface area contributed by atoms with Gasteiger partial charge in [-0.05, 0) is 68.8 Å². The van der Waals surface area contributed by atoms with Crippen molar-refractivity contribution in [3.8, 4) is 34.3 Å². The fourth-order valence-corrected chi connectivity index (χ4v) is 3.94. The van der Waals surface area contributed by atoms with Crippen LogP contribution in [-0.4, -0.2) is 37.7 Å². The zero-order valence-electron chi connectivity index (χ0n) is 19.6. The van der Waals surface area contributed by atoms with Crippen LogP contribution in [0.1, 0.15) is 19.4 Å². The van der Waals surface area contributed by atoms with E-state index in [-0.39, 0.29) is 12.9 Å². The van der Waals surface area contributed by atoms with Crippen LogP contribution < -0.4 is 9.47 Å². The highest BCUT2D eigenvalue weighted by atomic mass is 35.5. The predicted octanol–water partition coefficient (Wildman–Crippen LogP) is 6.84. The van der Waals surface area contributed by atoms with Crippen LogP contribution in [0.5, 0.6) is 11.5 Å². The first-order chi connectivity index (χ1) is 15.1. The minimum Gasteiger partial charge on any atom is -0.489 e. The van der Waals surface area contributed by atoms with Gasteiger partial charge in [0.05, 0.1) is 11.1 Å². The predicted molar refractivity (Wildman–Crippen MR) is 130 cm³/mol. The number of nitrogens with zero attached hydrogens (tertiary/aromatic N) is 2. The van der Waals surface area contributed by atoms with Crippen molar-refractivity contribution < 1.29 is 18.7 Å². The van der Waals surface area contributed by atoms with Crippen molar-refractivity contribution in [1.29, 1.82) is 0 Å². The highest BCUT2D eigenvalue weighted by molar-refractivity contribution is 6.76. The number of hydrogen-bond donors (Lipinski definition) is 0. The molecular weight excluding hydrogens is 444 g/mol. The fraction of sp³-hybridized carbons (Fsp3) is 0.417. The molecule has 0 saturated heterocycles.